The minimum Gasteiger partial charge on any atom is -0.293 e. The maximum atomic E-state index is 12.5. The lowest BCUT2D eigenvalue weighted by Crippen LogP contribution is -2.04. The van der Waals surface area contributed by atoms with E-state index < -0.39 is 0 Å². The van der Waals surface area contributed by atoms with E-state index in [-0.39, 0.29) is 11.5 Å². The van der Waals surface area contributed by atoms with E-state index >= 15 is 0 Å². The highest BCUT2D eigenvalue weighted by molar-refractivity contribution is 8.00. The van der Waals surface area contributed by atoms with Crippen LogP contribution in [0.2, 0.25) is 0 Å². The molecule has 3 nitrogen and oxygen atoms in total. The van der Waals surface area contributed by atoms with E-state index in [1.807, 2.05) is 60.7 Å². The van der Waals surface area contributed by atoms with Crippen molar-refractivity contribution in [2.75, 3.05) is 5.75 Å². The third-order valence-electron chi connectivity index (χ3n) is 4.63. The molecule has 1 aromatic heterocycles. The molecule has 4 heteroatoms. The molecule has 2 aromatic carbocycles. The predicted octanol–water partition coefficient (Wildman–Crippen LogP) is 5.47. The molecule has 0 atom stereocenters. The molecule has 3 aromatic rings. The molecule has 1 fully saturated rings. The van der Waals surface area contributed by atoms with Gasteiger partial charge in [0.25, 0.3) is 0 Å². The molecule has 1 aliphatic rings. The summed E-state index contributed by atoms with van der Waals surface area (Å²) in [7, 11) is 0. The van der Waals surface area contributed by atoms with Crippen LogP contribution in [0.1, 0.15) is 40.4 Å². The Labute approximate surface area is 163 Å². The van der Waals surface area contributed by atoms with Crippen molar-refractivity contribution in [1.29, 1.82) is 5.26 Å². The summed E-state index contributed by atoms with van der Waals surface area (Å²) in [5.41, 5.74) is 4.18. The molecule has 0 bridgehead atoms. The topological polar surface area (TPSA) is 53.8 Å². The number of thioether (sulfide) groups is 1. The van der Waals surface area contributed by atoms with Crippen LogP contribution in [0.3, 0.4) is 0 Å². The van der Waals surface area contributed by atoms with Crippen LogP contribution in [-0.4, -0.2) is 16.5 Å². The highest BCUT2D eigenvalue weighted by atomic mass is 32.2. The Hall–Kier alpha value is -2.90. The fourth-order valence-electron chi connectivity index (χ4n) is 3.03. The lowest BCUT2D eigenvalue weighted by molar-refractivity contribution is 0.102. The number of aromatic nitrogens is 1. The maximum absolute atomic E-state index is 12.5. The second-order valence-corrected chi connectivity index (χ2v) is 7.57. The number of carbonyl (C=O) groups is 1. The third kappa shape index (κ3) is 3.94. The van der Waals surface area contributed by atoms with E-state index in [9.17, 15) is 10.1 Å². The highest BCUT2D eigenvalue weighted by Gasteiger charge is 2.27. The predicted molar refractivity (Wildman–Crippen MR) is 108 cm³/mol. The van der Waals surface area contributed by atoms with E-state index in [0.29, 0.717) is 22.1 Å². The summed E-state index contributed by atoms with van der Waals surface area (Å²) < 4.78 is 0. The van der Waals surface area contributed by atoms with E-state index in [1.165, 1.54) is 11.8 Å². The van der Waals surface area contributed by atoms with Gasteiger partial charge in [-0.05, 0) is 24.5 Å². The third-order valence-corrected chi connectivity index (χ3v) is 5.61. The van der Waals surface area contributed by atoms with Gasteiger partial charge in [0.1, 0.15) is 11.1 Å². The summed E-state index contributed by atoms with van der Waals surface area (Å²) >= 11 is 1.36. The number of nitrogens with zero attached hydrogens (tertiary/aromatic N) is 2. The summed E-state index contributed by atoms with van der Waals surface area (Å²) in [5, 5.41) is 10.5. The number of rotatable bonds is 6. The molecule has 0 unspecified atom stereocenters. The molecule has 1 aliphatic carbocycles. The van der Waals surface area contributed by atoms with Gasteiger partial charge in [0.2, 0.25) is 0 Å². The molecule has 0 spiro atoms. The zero-order valence-electron chi connectivity index (χ0n) is 14.8. The van der Waals surface area contributed by atoms with Gasteiger partial charge in [-0.1, -0.05) is 72.4 Å². The Balaban J connectivity index is 1.68. The number of hydrogen-bond acceptors (Lipinski definition) is 4. The molecule has 27 heavy (non-hydrogen) atoms. The summed E-state index contributed by atoms with van der Waals surface area (Å²) in [5.74, 6) is 0.794. The van der Waals surface area contributed by atoms with Gasteiger partial charge in [-0.15, -0.1) is 0 Å². The first kappa shape index (κ1) is 17.5. The van der Waals surface area contributed by atoms with Crippen LogP contribution >= 0.6 is 11.8 Å². The molecule has 0 radical (unpaired) electrons. The van der Waals surface area contributed by atoms with Crippen LogP contribution in [0.5, 0.6) is 0 Å². The van der Waals surface area contributed by atoms with Gasteiger partial charge < -0.3 is 0 Å². The average molecular weight is 370 g/mol. The summed E-state index contributed by atoms with van der Waals surface area (Å²) in [6.07, 6.45) is 2.28. The second kappa shape index (κ2) is 7.77. The van der Waals surface area contributed by atoms with Crippen molar-refractivity contribution in [3.8, 4) is 17.2 Å². The Morgan fingerprint density at radius 3 is 2.37 bits per heavy atom. The van der Waals surface area contributed by atoms with Gasteiger partial charge in [-0.2, -0.15) is 5.26 Å². The number of ketones is 1. The fraction of sp³-hybridized carbons (Fsp3) is 0.174. The lowest BCUT2D eigenvalue weighted by Gasteiger charge is -2.12. The van der Waals surface area contributed by atoms with Crippen LogP contribution in [0.4, 0.5) is 0 Å². The monoisotopic (exact) mass is 370 g/mol. The minimum absolute atomic E-state index is 0.0457. The van der Waals surface area contributed by atoms with E-state index in [0.717, 1.165) is 29.7 Å². The molecule has 0 amide bonds. The zero-order chi connectivity index (χ0) is 18.6. The van der Waals surface area contributed by atoms with Gasteiger partial charge in [0, 0.05) is 22.7 Å². The van der Waals surface area contributed by atoms with Crippen molar-refractivity contribution >= 4 is 17.5 Å². The molecule has 1 saturated carbocycles. The zero-order valence-corrected chi connectivity index (χ0v) is 15.6. The summed E-state index contributed by atoms with van der Waals surface area (Å²) in [6, 6.07) is 23.5. The number of nitriles is 1. The Morgan fingerprint density at radius 2 is 1.74 bits per heavy atom. The van der Waals surface area contributed by atoms with Gasteiger partial charge in [-0.3, -0.25) is 4.79 Å². The quantitative estimate of drug-likeness (QED) is 0.426. The van der Waals surface area contributed by atoms with Crippen molar-refractivity contribution in [3.63, 3.8) is 0 Å². The number of carbonyl (C=O) groups excluding carboxylic acids is 1. The first-order valence-electron chi connectivity index (χ1n) is 8.98. The molecule has 0 aliphatic heterocycles. The van der Waals surface area contributed by atoms with Crippen LogP contribution in [-0.2, 0) is 0 Å². The molecule has 4 rings (SSSR count). The van der Waals surface area contributed by atoms with Crippen LogP contribution in [0.25, 0.3) is 11.1 Å². The van der Waals surface area contributed by atoms with Crippen LogP contribution in [0.15, 0.2) is 71.8 Å². The maximum Gasteiger partial charge on any atom is 0.173 e. The van der Waals surface area contributed by atoms with Crippen molar-refractivity contribution in [3.05, 3.63) is 83.6 Å². The lowest BCUT2D eigenvalue weighted by atomic mass is 10.0. The van der Waals surface area contributed by atoms with E-state index in [2.05, 4.69) is 12.1 Å². The SMILES string of the molecule is N#Cc1c(-c2ccccc2)cc(C2CC2)nc1SCC(=O)c1ccccc1. The largest absolute Gasteiger partial charge is 0.293 e. The Kier molecular flexibility index (Phi) is 5.04. The summed E-state index contributed by atoms with van der Waals surface area (Å²) in [4.78, 5) is 17.2. The highest BCUT2D eigenvalue weighted by Crippen LogP contribution is 2.42. The molecule has 132 valence electrons. The van der Waals surface area contributed by atoms with Gasteiger partial charge >= 0.3 is 0 Å². The number of benzene rings is 2. The standard InChI is InChI=1S/C23H18N2OS/c24-14-20-19(16-7-3-1-4-8-16)13-21(17-11-12-17)25-23(20)27-15-22(26)18-9-5-2-6-10-18/h1-10,13,17H,11-12,15H2. The van der Waals surface area contributed by atoms with Crippen molar-refractivity contribution in [2.45, 2.75) is 23.8 Å². The summed E-state index contributed by atoms with van der Waals surface area (Å²) in [6.45, 7) is 0. The van der Waals surface area contributed by atoms with Crippen molar-refractivity contribution in [2.24, 2.45) is 0 Å². The fourth-order valence-corrected chi connectivity index (χ4v) is 3.93. The van der Waals surface area contributed by atoms with Crippen LogP contribution in [0, 0.1) is 11.3 Å². The Bertz CT molecular complexity index is 1010. The van der Waals surface area contributed by atoms with Crippen molar-refractivity contribution < 1.29 is 4.79 Å². The van der Waals surface area contributed by atoms with Crippen molar-refractivity contribution in [1.82, 2.24) is 4.98 Å². The number of pyridine rings is 1. The molecular weight excluding hydrogens is 352 g/mol. The normalized spacial score (nSPS) is 13.1. The number of Topliss-reactive ketones (excluding diaryl/α,β-unsaturated/α-hetero) is 1. The second-order valence-electron chi connectivity index (χ2n) is 6.60. The molecule has 0 saturated heterocycles. The van der Waals surface area contributed by atoms with Gasteiger partial charge in [0.15, 0.2) is 5.78 Å². The number of hydrogen-bond donors (Lipinski definition) is 0. The Morgan fingerprint density at radius 1 is 1.07 bits per heavy atom. The van der Waals surface area contributed by atoms with Gasteiger partial charge in [-0.25, -0.2) is 4.98 Å². The van der Waals surface area contributed by atoms with E-state index in [1.54, 1.807) is 0 Å². The molecule has 0 N–H and O–H groups in total. The first-order valence-corrected chi connectivity index (χ1v) is 9.96. The smallest absolute Gasteiger partial charge is 0.173 e. The van der Waals surface area contributed by atoms with Crippen LogP contribution < -0.4 is 0 Å². The van der Waals surface area contributed by atoms with E-state index in [4.69, 9.17) is 4.98 Å². The van der Waals surface area contributed by atoms with Gasteiger partial charge in [0.05, 0.1) is 11.3 Å². The molecular formula is C23H18N2OS. The minimum atomic E-state index is 0.0457. The average Bonchev–Trinajstić information content (AvgIpc) is 3.58. The first-order chi connectivity index (χ1) is 13.3. The molecule has 1 heterocycles.